The van der Waals surface area contributed by atoms with E-state index in [2.05, 4.69) is 27.3 Å². The molecule has 19 heavy (non-hydrogen) atoms. The molecule has 1 N–H and O–H groups in total. The minimum atomic E-state index is 0.186. The van der Waals surface area contributed by atoms with Crippen LogP contribution in [0, 0.1) is 0 Å². The first-order valence-electron chi connectivity index (χ1n) is 7.28. The van der Waals surface area contributed by atoms with Gasteiger partial charge in [0.2, 0.25) is 5.89 Å². The van der Waals surface area contributed by atoms with Crippen LogP contribution in [-0.2, 0) is 4.74 Å². The molecule has 0 saturated carbocycles. The molecule has 0 bridgehead atoms. The Morgan fingerprint density at radius 1 is 1.26 bits per heavy atom. The van der Waals surface area contributed by atoms with Crippen LogP contribution in [0.4, 0.5) is 5.95 Å². The second-order valence-electron chi connectivity index (χ2n) is 5.29. The lowest BCUT2D eigenvalue weighted by Crippen LogP contribution is -2.34. The van der Waals surface area contributed by atoms with Crippen molar-refractivity contribution in [2.24, 2.45) is 0 Å². The molecule has 0 amide bonds. The molecule has 0 radical (unpaired) electrons. The number of piperidine rings is 1. The van der Waals surface area contributed by atoms with Crippen molar-refractivity contribution in [1.29, 1.82) is 0 Å². The van der Waals surface area contributed by atoms with Crippen LogP contribution in [0.1, 0.15) is 38.0 Å². The molecule has 106 valence electrons. The Morgan fingerprint density at radius 3 is 2.89 bits per heavy atom. The molecule has 3 heterocycles. The van der Waals surface area contributed by atoms with Gasteiger partial charge in [0.05, 0.1) is 19.1 Å². The zero-order valence-corrected chi connectivity index (χ0v) is 11.5. The van der Waals surface area contributed by atoms with E-state index < -0.39 is 0 Å². The Hall–Kier alpha value is -1.14. The third kappa shape index (κ3) is 2.74. The van der Waals surface area contributed by atoms with Crippen LogP contribution in [0.3, 0.4) is 0 Å². The van der Waals surface area contributed by atoms with Crippen molar-refractivity contribution < 1.29 is 9.26 Å². The van der Waals surface area contributed by atoms with Crippen LogP contribution in [0.25, 0.3) is 0 Å². The van der Waals surface area contributed by atoms with Gasteiger partial charge in [0, 0.05) is 19.1 Å². The Balaban J connectivity index is 1.69. The zero-order valence-electron chi connectivity index (χ0n) is 11.5. The number of nitrogens with zero attached hydrogens (tertiary/aromatic N) is 3. The van der Waals surface area contributed by atoms with Crippen LogP contribution in [0.5, 0.6) is 0 Å². The Kier molecular flexibility index (Phi) is 3.98. The molecule has 3 rings (SSSR count). The average molecular weight is 266 g/mol. The maximum atomic E-state index is 5.53. The van der Waals surface area contributed by atoms with Crippen molar-refractivity contribution in [2.45, 2.75) is 38.1 Å². The van der Waals surface area contributed by atoms with E-state index in [1.807, 2.05) is 0 Å². The predicted octanol–water partition coefficient (Wildman–Crippen LogP) is 1.15. The first kappa shape index (κ1) is 12.9. The summed E-state index contributed by atoms with van der Waals surface area (Å²) in [7, 11) is 0. The molecule has 0 spiro atoms. The molecule has 2 atom stereocenters. The molecule has 2 saturated heterocycles. The van der Waals surface area contributed by atoms with Crippen molar-refractivity contribution in [3.8, 4) is 0 Å². The van der Waals surface area contributed by atoms with Gasteiger partial charge in [-0.15, -0.1) is 0 Å². The minimum Gasteiger partial charge on any atom is -0.379 e. The highest BCUT2D eigenvalue weighted by Gasteiger charge is 2.34. The summed E-state index contributed by atoms with van der Waals surface area (Å²) in [5, 5.41) is 7.55. The van der Waals surface area contributed by atoms with Gasteiger partial charge < -0.3 is 19.5 Å². The summed E-state index contributed by atoms with van der Waals surface area (Å²) < 4.78 is 11.0. The van der Waals surface area contributed by atoms with Crippen molar-refractivity contribution in [2.75, 3.05) is 37.7 Å². The van der Waals surface area contributed by atoms with E-state index in [-0.39, 0.29) is 5.92 Å². The van der Waals surface area contributed by atoms with Crippen LogP contribution in [0.15, 0.2) is 4.52 Å². The summed E-state index contributed by atoms with van der Waals surface area (Å²) >= 11 is 0. The second-order valence-corrected chi connectivity index (χ2v) is 5.29. The van der Waals surface area contributed by atoms with E-state index in [1.165, 1.54) is 19.3 Å². The molecule has 6 heteroatoms. The Labute approximate surface area is 113 Å². The van der Waals surface area contributed by atoms with Gasteiger partial charge in [0.15, 0.2) is 0 Å². The number of likely N-dealkylation sites (N-methyl/N-ethyl adjacent to an activating group) is 1. The van der Waals surface area contributed by atoms with Gasteiger partial charge in [-0.05, 0) is 31.0 Å². The summed E-state index contributed by atoms with van der Waals surface area (Å²) in [6, 6.07) is 0.291. The quantitative estimate of drug-likeness (QED) is 0.882. The number of nitrogens with one attached hydrogen (secondary N) is 1. The number of aromatic nitrogens is 2. The molecule has 2 unspecified atom stereocenters. The van der Waals surface area contributed by atoms with E-state index in [4.69, 9.17) is 9.26 Å². The summed E-state index contributed by atoms with van der Waals surface area (Å²) in [6.45, 7) is 6.49. The molecular formula is C13H22N4O2. The van der Waals surface area contributed by atoms with Crippen molar-refractivity contribution in [3.63, 3.8) is 0 Å². The van der Waals surface area contributed by atoms with Crippen LogP contribution in [-0.4, -0.2) is 49.0 Å². The molecule has 1 aromatic rings. The number of ether oxygens (including phenoxy) is 1. The van der Waals surface area contributed by atoms with E-state index in [0.717, 1.165) is 32.2 Å². The molecular weight excluding hydrogens is 244 g/mol. The zero-order chi connectivity index (χ0) is 13.1. The maximum Gasteiger partial charge on any atom is 0.266 e. The number of hydrogen-bond acceptors (Lipinski definition) is 6. The Morgan fingerprint density at radius 2 is 2.11 bits per heavy atom. The van der Waals surface area contributed by atoms with E-state index in [9.17, 15) is 0 Å². The normalized spacial score (nSPS) is 27.9. The van der Waals surface area contributed by atoms with Crippen molar-refractivity contribution in [1.82, 2.24) is 15.5 Å². The van der Waals surface area contributed by atoms with Crippen LogP contribution >= 0.6 is 0 Å². The van der Waals surface area contributed by atoms with Gasteiger partial charge in [-0.25, -0.2) is 0 Å². The lowest BCUT2D eigenvalue weighted by atomic mass is 10.0. The fourth-order valence-electron chi connectivity index (χ4n) is 2.86. The topological polar surface area (TPSA) is 63.4 Å². The fourth-order valence-corrected chi connectivity index (χ4v) is 2.86. The fraction of sp³-hybridized carbons (Fsp3) is 0.846. The van der Waals surface area contributed by atoms with Crippen molar-refractivity contribution in [3.05, 3.63) is 5.89 Å². The third-order valence-electron chi connectivity index (χ3n) is 3.93. The lowest BCUT2D eigenvalue weighted by Gasteiger charge is -2.24. The summed E-state index contributed by atoms with van der Waals surface area (Å²) in [5.74, 6) is 1.65. The first-order chi connectivity index (χ1) is 9.38. The minimum absolute atomic E-state index is 0.186. The highest BCUT2D eigenvalue weighted by Crippen LogP contribution is 2.26. The number of rotatable bonds is 4. The summed E-state index contributed by atoms with van der Waals surface area (Å²) in [4.78, 5) is 6.79. The predicted molar refractivity (Wildman–Crippen MR) is 71.4 cm³/mol. The van der Waals surface area contributed by atoms with Gasteiger partial charge in [-0.2, -0.15) is 4.98 Å². The maximum absolute atomic E-state index is 5.53. The Bertz CT molecular complexity index is 403. The van der Waals surface area contributed by atoms with Gasteiger partial charge >= 0.3 is 0 Å². The molecule has 0 aliphatic carbocycles. The highest BCUT2D eigenvalue weighted by atomic mass is 16.5. The largest absolute Gasteiger partial charge is 0.379 e. The average Bonchev–Trinajstić information content (AvgIpc) is 3.08. The SMILES string of the molecule is CCNC1COCC1c1nc(N2CCCCC2)no1. The standard InChI is InChI=1S/C13H22N4O2/c1-2-14-11-9-18-8-10(11)12-15-13(16-19-12)17-6-4-3-5-7-17/h10-11,14H,2-9H2,1H3. The monoisotopic (exact) mass is 266 g/mol. The third-order valence-corrected chi connectivity index (χ3v) is 3.93. The number of anilines is 1. The van der Waals surface area contributed by atoms with Gasteiger partial charge in [0.25, 0.3) is 5.95 Å². The van der Waals surface area contributed by atoms with E-state index in [1.54, 1.807) is 0 Å². The van der Waals surface area contributed by atoms with Gasteiger partial charge in [-0.1, -0.05) is 6.92 Å². The molecule has 2 fully saturated rings. The smallest absolute Gasteiger partial charge is 0.266 e. The molecule has 0 aromatic carbocycles. The summed E-state index contributed by atoms with van der Waals surface area (Å²) in [5.41, 5.74) is 0. The first-order valence-corrected chi connectivity index (χ1v) is 7.28. The molecule has 2 aliphatic rings. The second kappa shape index (κ2) is 5.88. The highest BCUT2D eigenvalue weighted by molar-refractivity contribution is 5.28. The van der Waals surface area contributed by atoms with Gasteiger partial charge in [-0.3, -0.25) is 0 Å². The van der Waals surface area contributed by atoms with Crippen molar-refractivity contribution >= 4 is 5.95 Å². The van der Waals surface area contributed by atoms with Crippen LogP contribution in [0.2, 0.25) is 0 Å². The molecule has 2 aliphatic heterocycles. The molecule has 6 nitrogen and oxygen atoms in total. The van der Waals surface area contributed by atoms with E-state index >= 15 is 0 Å². The van der Waals surface area contributed by atoms with Gasteiger partial charge in [0.1, 0.15) is 0 Å². The van der Waals surface area contributed by atoms with Crippen LogP contribution < -0.4 is 10.2 Å². The number of hydrogen-bond donors (Lipinski definition) is 1. The lowest BCUT2D eigenvalue weighted by molar-refractivity contribution is 0.185. The molecule has 1 aromatic heterocycles. The van der Waals surface area contributed by atoms with E-state index in [0.29, 0.717) is 18.5 Å². The summed E-state index contributed by atoms with van der Waals surface area (Å²) in [6.07, 6.45) is 3.74.